The fraction of sp³-hybridized carbons (Fsp3) is 0.417. The standard InChI is InChI=1S/C24H31N3O4S/c1-5-18-8-10-20(11-9-18)25-24(29)23(16(2)3)26-32(30,31)21-12-13-22-19(15-21)7-6-14-27(22)17(4)28/h8-13,15-16,23,26H,5-7,14H2,1-4H3,(H,25,29)/t23-/m0/s1. The number of nitrogens with one attached hydrogen (secondary N) is 2. The molecule has 1 aliphatic rings. The fourth-order valence-corrected chi connectivity index (χ4v) is 5.23. The first-order valence-electron chi connectivity index (χ1n) is 11.0. The molecule has 2 N–H and O–H groups in total. The summed E-state index contributed by atoms with van der Waals surface area (Å²) in [5.41, 5.74) is 3.34. The number of hydrogen-bond donors (Lipinski definition) is 2. The third kappa shape index (κ3) is 5.37. The van der Waals surface area contributed by atoms with E-state index in [1.54, 1.807) is 30.9 Å². The monoisotopic (exact) mass is 457 g/mol. The topological polar surface area (TPSA) is 95.6 Å². The Labute approximate surface area is 190 Å². The zero-order valence-electron chi connectivity index (χ0n) is 19.0. The SMILES string of the molecule is CCc1ccc(NC(=O)[C@@H](NS(=O)(=O)c2ccc3c(c2)CCCN3C(C)=O)C(C)C)cc1. The van der Waals surface area contributed by atoms with E-state index < -0.39 is 22.0 Å². The molecule has 0 saturated heterocycles. The summed E-state index contributed by atoms with van der Waals surface area (Å²) in [5.74, 6) is -0.734. The summed E-state index contributed by atoms with van der Waals surface area (Å²) in [6, 6.07) is 11.3. The van der Waals surface area contributed by atoms with E-state index in [1.807, 2.05) is 24.3 Å². The fourth-order valence-electron chi connectivity index (χ4n) is 3.84. The van der Waals surface area contributed by atoms with Gasteiger partial charge in [-0.25, -0.2) is 8.42 Å². The molecule has 2 aromatic rings. The Kier molecular flexibility index (Phi) is 7.36. The predicted octanol–water partition coefficient (Wildman–Crippen LogP) is 3.49. The van der Waals surface area contributed by atoms with Gasteiger partial charge in [-0.3, -0.25) is 9.59 Å². The Morgan fingerprint density at radius 3 is 2.38 bits per heavy atom. The van der Waals surface area contributed by atoms with Gasteiger partial charge >= 0.3 is 0 Å². The van der Waals surface area contributed by atoms with Crippen molar-refractivity contribution in [2.75, 3.05) is 16.8 Å². The zero-order valence-corrected chi connectivity index (χ0v) is 19.8. The number of nitrogens with zero attached hydrogens (tertiary/aromatic N) is 1. The van der Waals surface area contributed by atoms with Crippen LogP contribution in [0.5, 0.6) is 0 Å². The zero-order chi connectivity index (χ0) is 23.5. The van der Waals surface area contributed by atoms with Crippen molar-refractivity contribution in [3.8, 4) is 0 Å². The molecule has 8 heteroatoms. The molecule has 7 nitrogen and oxygen atoms in total. The Morgan fingerprint density at radius 2 is 1.78 bits per heavy atom. The second kappa shape index (κ2) is 9.83. The smallest absolute Gasteiger partial charge is 0.242 e. The molecule has 3 rings (SSSR count). The molecule has 0 unspecified atom stereocenters. The second-order valence-electron chi connectivity index (χ2n) is 8.45. The van der Waals surface area contributed by atoms with Crippen LogP contribution in [0.1, 0.15) is 45.2 Å². The summed E-state index contributed by atoms with van der Waals surface area (Å²) in [4.78, 5) is 26.5. The summed E-state index contributed by atoms with van der Waals surface area (Å²) >= 11 is 0. The molecule has 1 heterocycles. The number of aryl methyl sites for hydroxylation is 2. The molecular formula is C24H31N3O4S. The highest BCUT2D eigenvalue weighted by molar-refractivity contribution is 7.89. The van der Waals surface area contributed by atoms with Gasteiger partial charge in [-0.2, -0.15) is 4.72 Å². The Bertz CT molecular complexity index is 1090. The Morgan fingerprint density at radius 1 is 1.09 bits per heavy atom. The van der Waals surface area contributed by atoms with Crippen molar-refractivity contribution in [1.82, 2.24) is 4.72 Å². The number of sulfonamides is 1. The molecule has 0 aromatic heterocycles. The average molecular weight is 458 g/mol. The van der Waals surface area contributed by atoms with Crippen molar-refractivity contribution < 1.29 is 18.0 Å². The third-order valence-corrected chi connectivity index (χ3v) is 7.16. The molecule has 0 saturated carbocycles. The largest absolute Gasteiger partial charge is 0.325 e. The van der Waals surface area contributed by atoms with E-state index in [0.29, 0.717) is 18.7 Å². The van der Waals surface area contributed by atoms with Gasteiger partial charge in [0, 0.05) is 24.8 Å². The Balaban J connectivity index is 1.80. The van der Waals surface area contributed by atoms with Gasteiger partial charge in [0.15, 0.2) is 0 Å². The second-order valence-corrected chi connectivity index (χ2v) is 10.2. The number of carbonyl (C=O) groups is 2. The summed E-state index contributed by atoms with van der Waals surface area (Å²) in [5, 5.41) is 2.81. The van der Waals surface area contributed by atoms with Gasteiger partial charge in [0.25, 0.3) is 0 Å². The lowest BCUT2D eigenvalue weighted by molar-refractivity contribution is -0.118. The van der Waals surface area contributed by atoms with Crippen molar-refractivity contribution in [2.45, 2.75) is 57.9 Å². The van der Waals surface area contributed by atoms with Crippen molar-refractivity contribution >= 4 is 33.2 Å². The molecule has 32 heavy (non-hydrogen) atoms. The van der Waals surface area contributed by atoms with Crippen LogP contribution in [0.25, 0.3) is 0 Å². The molecule has 1 aliphatic heterocycles. The first-order valence-corrected chi connectivity index (χ1v) is 12.4. The first-order chi connectivity index (χ1) is 15.1. The molecule has 0 bridgehead atoms. The third-order valence-electron chi connectivity index (χ3n) is 5.72. The number of amides is 2. The van der Waals surface area contributed by atoms with Crippen molar-refractivity contribution in [3.63, 3.8) is 0 Å². The lowest BCUT2D eigenvalue weighted by Gasteiger charge is -2.29. The quantitative estimate of drug-likeness (QED) is 0.665. The lowest BCUT2D eigenvalue weighted by atomic mass is 10.0. The van der Waals surface area contributed by atoms with Crippen LogP contribution in [0.2, 0.25) is 0 Å². The van der Waals surface area contributed by atoms with Crippen LogP contribution >= 0.6 is 0 Å². The van der Waals surface area contributed by atoms with Gasteiger partial charge in [-0.15, -0.1) is 0 Å². The molecule has 0 fully saturated rings. The van der Waals surface area contributed by atoms with Gasteiger partial charge < -0.3 is 10.2 Å². The summed E-state index contributed by atoms with van der Waals surface area (Å²) in [6.45, 7) is 7.77. The number of benzene rings is 2. The molecule has 0 spiro atoms. The Hall–Kier alpha value is -2.71. The van der Waals surface area contributed by atoms with E-state index >= 15 is 0 Å². The van der Waals surface area contributed by atoms with Crippen LogP contribution < -0.4 is 14.9 Å². The molecule has 2 aromatic carbocycles. The predicted molar refractivity (Wildman–Crippen MR) is 126 cm³/mol. The minimum atomic E-state index is -3.94. The first kappa shape index (κ1) is 23.9. The molecule has 2 amide bonds. The maximum atomic E-state index is 13.1. The van der Waals surface area contributed by atoms with E-state index in [4.69, 9.17) is 0 Å². The van der Waals surface area contributed by atoms with E-state index in [-0.39, 0.29) is 16.7 Å². The van der Waals surface area contributed by atoms with Crippen molar-refractivity contribution in [2.24, 2.45) is 5.92 Å². The van der Waals surface area contributed by atoms with Crippen molar-refractivity contribution in [1.29, 1.82) is 0 Å². The van der Waals surface area contributed by atoms with Crippen LogP contribution in [-0.2, 0) is 32.5 Å². The summed E-state index contributed by atoms with van der Waals surface area (Å²) < 4.78 is 28.8. The highest BCUT2D eigenvalue weighted by Gasteiger charge is 2.30. The van der Waals surface area contributed by atoms with Crippen LogP contribution in [-0.4, -0.2) is 32.8 Å². The number of anilines is 2. The van der Waals surface area contributed by atoms with Crippen LogP contribution in [0.4, 0.5) is 11.4 Å². The van der Waals surface area contributed by atoms with E-state index in [1.165, 1.54) is 13.0 Å². The van der Waals surface area contributed by atoms with E-state index in [9.17, 15) is 18.0 Å². The highest BCUT2D eigenvalue weighted by atomic mass is 32.2. The molecule has 0 aliphatic carbocycles. The van der Waals surface area contributed by atoms with Crippen LogP contribution in [0.15, 0.2) is 47.4 Å². The highest BCUT2D eigenvalue weighted by Crippen LogP contribution is 2.29. The minimum absolute atomic E-state index is 0.0665. The normalized spacial score (nSPS) is 14.7. The number of fused-ring (bicyclic) bond motifs is 1. The van der Waals surface area contributed by atoms with Gasteiger partial charge in [0.2, 0.25) is 21.8 Å². The average Bonchev–Trinajstić information content (AvgIpc) is 2.76. The lowest BCUT2D eigenvalue weighted by Crippen LogP contribution is -2.47. The summed E-state index contributed by atoms with van der Waals surface area (Å²) in [7, 11) is -3.94. The number of carbonyl (C=O) groups excluding carboxylic acids is 2. The molecule has 1 atom stereocenters. The van der Waals surface area contributed by atoms with Gasteiger partial charge in [0.1, 0.15) is 6.04 Å². The van der Waals surface area contributed by atoms with Gasteiger partial charge in [0.05, 0.1) is 4.90 Å². The number of rotatable bonds is 7. The summed E-state index contributed by atoms with van der Waals surface area (Å²) in [6.07, 6.45) is 2.37. The van der Waals surface area contributed by atoms with E-state index in [2.05, 4.69) is 17.0 Å². The molecule has 172 valence electrons. The van der Waals surface area contributed by atoms with Crippen molar-refractivity contribution in [3.05, 3.63) is 53.6 Å². The minimum Gasteiger partial charge on any atom is -0.325 e. The molecular weight excluding hydrogens is 426 g/mol. The van der Waals surface area contributed by atoms with Gasteiger partial charge in [-0.1, -0.05) is 32.9 Å². The van der Waals surface area contributed by atoms with Crippen LogP contribution in [0, 0.1) is 5.92 Å². The van der Waals surface area contributed by atoms with E-state index in [0.717, 1.165) is 29.7 Å². The number of hydrogen-bond acceptors (Lipinski definition) is 4. The van der Waals surface area contributed by atoms with Crippen LogP contribution in [0.3, 0.4) is 0 Å². The maximum Gasteiger partial charge on any atom is 0.242 e. The maximum absolute atomic E-state index is 13.1. The van der Waals surface area contributed by atoms with Gasteiger partial charge in [-0.05, 0) is 66.6 Å². The molecule has 0 radical (unpaired) electrons.